The Labute approximate surface area is 145 Å². The summed E-state index contributed by atoms with van der Waals surface area (Å²) in [5.74, 6) is -0.603. The zero-order chi connectivity index (χ0) is 18.2. The van der Waals surface area contributed by atoms with E-state index in [1.165, 1.54) is 0 Å². The van der Waals surface area contributed by atoms with Crippen molar-refractivity contribution in [1.29, 1.82) is 0 Å². The summed E-state index contributed by atoms with van der Waals surface area (Å²) in [6, 6.07) is 4.50. The molecule has 3 rings (SSSR count). The summed E-state index contributed by atoms with van der Waals surface area (Å²) in [4.78, 5) is 20.0. The van der Waals surface area contributed by atoms with E-state index in [2.05, 4.69) is 15.3 Å². The van der Waals surface area contributed by atoms with Crippen molar-refractivity contribution in [2.75, 3.05) is 5.32 Å². The standard InChI is InChI=1S/C16H12ClF3N4O/c1-9-2-3-24-8-11(22-13(24)4-9)6-14(25)23-15-12(17)5-10(7-21-15)16(18,19)20/h2-5,7-8H,6H2,1H3,(H,21,23,25). The van der Waals surface area contributed by atoms with Crippen LogP contribution in [0.3, 0.4) is 0 Å². The molecular formula is C16H12ClF3N4O. The lowest BCUT2D eigenvalue weighted by molar-refractivity contribution is -0.137. The maximum absolute atomic E-state index is 12.6. The number of hydrogen-bond donors (Lipinski definition) is 1. The zero-order valence-electron chi connectivity index (χ0n) is 12.9. The maximum atomic E-state index is 12.6. The quantitative estimate of drug-likeness (QED) is 0.763. The van der Waals surface area contributed by atoms with Gasteiger partial charge in [-0.3, -0.25) is 4.79 Å². The monoisotopic (exact) mass is 368 g/mol. The highest BCUT2D eigenvalue weighted by Gasteiger charge is 2.31. The topological polar surface area (TPSA) is 59.3 Å². The van der Waals surface area contributed by atoms with Crippen molar-refractivity contribution in [3.05, 3.63) is 58.6 Å². The third kappa shape index (κ3) is 3.90. The van der Waals surface area contributed by atoms with Crippen LogP contribution < -0.4 is 5.32 Å². The lowest BCUT2D eigenvalue weighted by atomic mass is 10.2. The molecule has 0 saturated heterocycles. The van der Waals surface area contributed by atoms with Crippen molar-refractivity contribution in [3.63, 3.8) is 0 Å². The summed E-state index contributed by atoms with van der Waals surface area (Å²) in [7, 11) is 0. The predicted octanol–water partition coefficient (Wildman–Crippen LogP) is 3.89. The van der Waals surface area contributed by atoms with Gasteiger partial charge in [-0.1, -0.05) is 11.6 Å². The van der Waals surface area contributed by atoms with Crippen LogP contribution in [0.4, 0.5) is 19.0 Å². The van der Waals surface area contributed by atoms with E-state index in [-0.39, 0.29) is 17.3 Å². The number of imidazole rings is 1. The van der Waals surface area contributed by atoms with Crippen LogP contribution in [0, 0.1) is 6.92 Å². The molecule has 0 atom stereocenters. The van der Waals surface area contributed by atoms with Gasteiger partial charge < -0.3 is 9.72 Å². The van der Waals surface area contributed by atoms with Gasteiger partial charge in [-0.15, -0.1) is 0 Å². The Morgan fingerprint density at radius 2 is 2.12 bits per heavy atom. The molecule has 5 nitrogen and oxygen atoms in total. The van der Waals surface area contributed by atoms with Crippen LogP contribution in [-0.2, 0) is 17.4 Å². The number of alkyl halides is 3. The van der Waals surface area contributed by atoms with Gasteiger partial charge in [0.1, 0.15) is 5.65 Å². The largest absolute Gasteiger partial charge is 0.417 e. The molecule has 3 aromatic rings. The van der Waals surface area contributed by atoms with Crippen molar-refractivity contribution in [1.82, 2.24) is 14.4 Å². The van der Waals surface area contributed by atoms with Crippen molar-refractivity contribution in [2.24, 2.45) is 0 Å². The lowest BCUT2D eigenvalue weighted by Crippen LogP contribution is -2.16. The first kappa shape index (κ1) is 17.2. The Hall–Kier alpha value is -2.61. The third-order valence-corrected chi connectivity index (χ3v) is 3.72. The second-order valence-corrected chi connectivity index (χ2v) is 5.89. The van der Waals surface area contributed by atoms with Crippen LogP contribution in [0.25, 0.3) is 5.65 Å². The van der Waals surface area contributed by atoms with Crippen LogP contribution >= 0.6 is 11.6 Å². The average Bonchev–Trinajstić information content (AvgIpc) is 2.89. The second-order valence-electron chi connectivity index (χ2n) is 5.48. The van der Waals surface area contributed by atoms with Gasteiger partial charge in [-0.2, -0.15) is 13.2 Å². The number of nitrogens with one attached hydrogen (secondary N) is 1. The van der Waals surface area contributed by atoms with Crippen LogP contribution in [-0.4, -0.2) is 20.3 Å². The van der Waals surface area contributed by atoms with E-state index in [1.54, 1.807) is 10.6 Å². The molecule has 0 bridgehead atoms. The molecule has 3 heterocycles. The van der Waals surface area contributed by atoms with Crippen molar-refractivity contribution in [2.45, 2.75) is 19.5 Å². The third-order valence-electron chi connectivity index (χ3n) is 3.43. The molecule has 0 fully saturated rings. The molecule has 0 aliphatic heterocycles. The number of aromatic nitrogens is 3. The van der Waals surface area contributed by atoms with Gasteiger partial charge in [0, 0.05) is 18.6 Å². The first-order chi connectivity index (χ1) is 11.7. The van der Waals surface area contributed by atoms with E-state index in [4.69, 9.17) is 11.6 Å². The van der Waals surface area contributed by atoms with Gasteiger partial charge in [-0.05, 0) is 30.7 Å². The van der Waals surface area contributed by atoms with E-state index >= 15 is 0 Å². The van der Waals surface area contributed by atoms with E-state index in [0.717, 1.165) is 11.6 Å². The van der Waals surface area contributed by atoms with Crippen LogP contribution in [0.5, 0.6) is 0 Å². The Balaban J connectivity index is 1.73. The predicted molar refractivity (Wildman–Crippen MR) is 86.5 cm³/mol. The summed E-state index contributed by atoms with van der Waals surface area (Å²) in [5.41, 5.74) is 1.28. The molecule has 25 heavy (non-hydrogen) atoms. The number of carbonyl (C=O) groups is 1. The Kier molecular flexibility index (Phi) is 4.38. The molecule has 0 radical (unpaired) electrons. The molecule has 0 spiro atoms. The number of aryl methyl sites for hydroxylation is 1. The smallest absolute Gasteiger partial charge is 0.309 e. The van der Waals surface area contributed by atoms with Crippen LogP contribution in [0.2, 0.25) is 5.02 Å². The molecule has 1 N–H and O–H groups in total. The molecule has 0 aliphatic rings. The molecule has 3 aromatic heterocycles. The molecule has 0 aromatic carbocycles. The first-order valence-electron chi connectivity index (χ1n) is 7.19. The maximum Gasteiger partial charge on any atom is 0.417 e. The fourth-order valence-electron chi connectivity index (χ4n) is 2.25. The van der Waals surface area contributed by atoms with Crippen molar-refractivity contribution < 1.29 is 18.0 Å². The number of pyridine rings is 2. The normalized spacial score (nSPS) is 11.7. The highest BCUT2D eigenvalue weighted by molar-refractivity contribution is 6.33. The van der Waals surface area contributed by atoms with Gasteiger partial charge in [-0.25, -0.2) is 9.97 Å². The van der Waals surface area contributed by atoms with Gasteiger partial charge in [0.05, 0.1) is 22.7 Å². The summed E-state index contributed by atoms with van der Waals surface area (Å²) in [5, 5.41) is 2.11. The minimum atomic E-state index is -4.55. The fraction of sp³-hybridized carbons (Fsp3) is 0.188. The molecular weight excluding hydrogens is 357 g/mol. The summed E-state index contributed by atoms with van der Waals surface area (Å²) < 4.78 is 39.5. The average molecular weight is 369 g/mol. The van der Waals surface area contributed by atoms with Gasteiger partial charge >= 0.3 is 6.18 Å². The minimum Gasteiger partial charge on any atom is -0.309 e. The van der Waals surface area contributed by atoms with Gasteiger partial charge in [0.15, 0.2) is 5.82 Å². The minimum absolute atomic E-state index is 0.0558. The zero-order valence-corrected chi connectivity index (χ0v) is 13.7. The van der Waals surface area contributed by atoms with E-state index < -0.39 is 17.6 Å². The van der Waals surface area contributed by atoms with Gasteiger partial charge in [0.25, 0.3) is 0 Å². The van der Waals surface area contributed by atoms with E-state index in [0.29, 0.717) is 17.5 Å². The highest BCUT2D eigenvalue weighted by Crippen LogP contribution is 2.32. The Bertz CT molecular complexity index is 952. The molecule has 0 unspecified atom stereocenters. The van der Waals surface area contributed by atoms with E-state index in [1.807, 2.05) is 25.3 Å². The summed E-state index contributed by atoms with van der Waals surface area (Å²) >= 11 is 5.77. The Morgan fingerprint density at radius 1 is 1.36 bits per heavy atom. The molecule has 1 amide bonds. The lowest BCUT2D eigenvalue weighted by Gasteiger charge is -2.09. The fourth-order valence-corrected chi connectivity index (χ4v) is 2.46. The first-order valence-corrected chi connectivity index (χ1v) is 7.57. The molecule has 0 aliphatic carbocycles. The summed E-state index contributed by atoms with van der Waals surface area (Å²) in [6.07, 6.45) is -0.452. The number of amides is 1. The number of halogens is 4. The number of hydrogen-bond acceptors (Lipinski definition) is 3. The van der Waals surface area contributed by atoms with Crippen molar-refractivity contribution >= 4 is 29.0 Å². The van der Waals surface area contributed by atoms with Crippen LogP contribution in [0.15, 0.2) is 36.8 Å². The SMILES string of the molecule is Cc1ccn2cc(CC(=O)Nc3ncc(C(F)(F)F)cc3Cl)nc2c1. The van der Waals surface area contributed by atoms with Gasteiger partial charge in [0.2, 0.25) is 5.91 Å². The number of rotatable bonds is 3. The van der Waals surface area contributed by atoms with Crippen LogP contribution in [0.1, 0.15) is 16.8 Å². The number of anilines is 1. The highest BCUT2D eigenvalue weighted by atomic mass is 35.5. The molecule has 9 heteroatoms. The molecule has 130 valence electrons. The van der Waals surface area contributed by atoms with Crippen molar-refractivity contribution in [3.8, 4) is 0 Å². The number of fused-ring (bicyclic) bond motifs is 1. The summed E-state index contributed by atoms with van der Waals surface area (Å²) in [6.45, 7) is 1.93. The number of carbonyl (C=O) groups excluding carboxylic acids is 1. The van der Waals surface area contributed by atoms with E-state index in [9.17, 15) is 18.0 Å². The number of nitrogens with zero attached hydrogens (tertiary/aromatic N) is 3. The second kappa shape index (κ2) is 6.36. The molecule has 0 saturated carbocycles. The Morgan fingerprint density at radius 3 is 2.80 bits per heavy atom.